The van der Waals surface area contributed by atoms with Crippen LogP contribution in [0.1, 0.15) is 54.1 Å². The van der Waals surface area contributed by atoms with Crippen molar-refractivity contribution in [3.05, 3.63) is 56.5 Å². The SMILES string of the molecule is CCCCCc1c(C)nc(SCc2cc(C)ccc2C)[nH]c1=O. The fourth-order valence-electron chi connectivity index (χ4n) is 2.60. The van der Waals surface area contributed by atoms with E-state index in [2.05, 4.69) is 48.9 Å². The van der Waals surface area contributed by atoms with Crippen molar-refractivity contribution in [1.29, 1.82) is 0 Å². The van der Waals surface area contributed by atoms with Gasteiger partial charge in [-0.15, -0.1) is 0 Å². The smallest absolute Gasteiger partial charge is 0.254 e. The van der Waals surface area contributed by atoms with E-state index in [4.69, 9.17) is 0 Å². The Morgan fingerprint density at radius 3 is 2.65 bits per heavy atom. The van der Waals surface area contributed by atoms with Gasteiger partial charge in [-0.05, 0) is 44.7 Å². The molecule has 0 spiro atoms. The van der Waals surface area contributed by atoms with Gasteiger partial charge in [-0.3, -0.25) is 4.79 Å². The minimum Gasteiger partial charge on any atom is -0.301 e. The number of nitrogens with zero attached hydrogens (tertiary/aromatic N) is 1. The van der Waals surface area contributed by atoms with E-state index in [0.29, 0.717) is 5.16 Å². The van der Waals surface area contributed by atoms with E-state index in [1.807, 2.05) is 6.92 Å². The number of hydrogen-bond acceptors (Lipinski definition) is 3. The van der Waals surface area contributed by atoms with Crippen molar-refractivity contribution in [3.8, 4) is 0 Å². The molecule has 2 rings (SSSR count). The van der Waals surface area contributed by atoms with Crippen LogP contribution in [0, 0.1) is 20.8 Å². The topological polar surface area (TPSA) is 45.8 Å². The summed E-state index contributed by atoms with van der Waals surface area (Å²) in [4.78, 5) is 19.8. The number of aromatic nitrogens is 2. The number of aromatic amines is 1. The number of thioether (sulfide) groups is 1. The van der Waals surface area contributed by atoms with Crippen LogP contribution >= 0.6 is 11.8 Å². The molecule has 0 bridgehead atoms. The van der Waals surface area contributed by atoms with E-state index in [1.54, 1.807) is 11.8 Å². The molecule has 0 amide bonds. The van der Waals surface area contributed by atoms with Crippen LogP contribution < -0.4 is 5.56 Å². The van der Waals surface area contributed by atoms with E-state index in [1.165, 1.54) is 16.7 Å². The number of nitrogens with one attached hydrogen (secondary N) is 1. The standard InChI is InChI=1S/C19H26N2OS/c1-5-6-7-8-17-15(4)20-19(21-18(17)22)23-12-16-11-13(2)9-10-14(16)3/h9-11H,5-8,12H2,1-4H3,(H,20,21,22). The minimum absolute atomic E-state index is 0.0251. The third kappa shape index (κ3) is 4.96. The van der Waals surface area contributed by atoms with Crippen LogP contribution in [-0.2, 0) is 12.2 Å². The van der Waals surface area contributed by atoms with Gasteiger partial charge in [0.05, 0.1) is 0 Å². The van der Waals surface area contributed by atoms with Crippen molar-refractivity contribution in [2.75, 3.05) is 0 Å². The van der Waals surface area contributed by atoms with Crippen molar-refractivity contribution in [2.24, 2.45) is 0 Å². The second-order valence-electron chi connectivity index (χ2n) is 6.11. The van der Waals surface area contributed by atoms with E-state index in [0.717, 1.165) is 42.7 Å². The molecule has 0 fully saturated rings. The quantitative estimate of drug-likeness (QED) is 0.454. The van der Waals surface area contributed by atoms with E-state index >= 15 is 0 Å². The van der Waals surface area contributed by atoms with Gasteiger partial charge in [0.2, 0.25) is 0 Å². The molecule has 0 radical (unpaired) electrons. The molecular weight excluding hydrogens is 304 g/mol. The predicted octanol–water partition coefficient (Wildman–Crippen LogP) is 4.72. The molecule has 0 atom stereocenters. The fraction of sp³-hybridized carbons (Fsp3) is 0.474. The Hall–Kier alpha value is -1.55. The summed E-state index contributed by atoms with van der Waals surface area (Å²) in [5.41, 5.74) is 5.57. The van der Waals surface area contributed by atoms with Crippen LogP contribution in [0.3, 0.4) is 0 Å². The van der Waals surface area contributed by atoms with Gasteiger partial charge in [0.25, 0.3) is 5.56 Å². The van der Waals surface area contributed by atoms with Gasteiger partial charge < -0.3 is 4.98 Å². The Kier molecular flexibility index (Phi) is 6.46. The zero-order valence-electron chi connectivity index (χ0n) is 14.5. The maximum absolute atomic E-state index is 12.3. The number of benzene rings is 1. The molecule has 0 saturated carbocycles. The Morgan fingerprint density at radius 1 is 1.17 bits per heavy atom. The van der Waals surface area contributed by atoms with Gasteiger partial charge >= 0.3 is 0 Å². The molecule has 1 aromatic carbocycles. The van der Waals surface area contributed by atoms with E-state index < -0.39 is 0 Å². The summed E-state index contributed by atoms with van der Waals surface area (Å²) < 4.78 is 0. The molecule has 1 aromatic heterocycles. The van der Waals surface area contributed by atoms with Crippen LogP contribution in [0.25, 0.3) is 0 Å². The lowest BCUT2D eigenvalue weighted by molar-refractivity contribution is 0.701. The zero-order chi connectivity index (χ0) is 16.8. The van der Waals surface area contributed by atoms with E-state index in [9.17, 15) is 4.79 Å². The van der Waals surface area contributed by atoms with Crippen LogP contribution in [-0.4, -0.2) is 9.97 Å². The van der Waals surface area contributed by atoms with Crippen molar-refractivity contribution < 1.29 is 0 Å². The number of rotatable bonds is 7. The lowest BCUT2D eigenvalue weighted by Crippen LogP contribution is -2.17. The van der Waals surface area contributed by atoms with Gasteiger partial charge in [-0.25, -0.2) is 4.98 Å². The highest BCUT2D eigenvalue weighted by molar-refractivity contribution is 7.98. The summed E-state index contributed by atoms with van der Waals surface area (Å²) in [5.74, 6) is 0.824. The molecule has 0 aliphatic rings. The molecule has 0 aliphatic carbocycles. The Morgan fingerprint density at radius 2 is 1.96 bits per heavy atom. The first-order valence-corrected chi connectivity index (χ1v) is 9.28. The normalized spacial score (nSPS) is 11.0. The summed E-state index contributed by atoms with van der Waals surface area (Å²) in [6.45, 7) is 8.33. The molecule has 0 aliphatic heterocycles. The van der Waals surface area contributed by atoms with Crippen LogP contribution in [0.4, 0.5) is 0 Å². The zero-order valence-corrected chi connectivity index (χ0v) is 15.3. The molecule has 23 heavy (non-hydrogen) atoms. The molecule has 2 aromatic rings. The van der Waals surface area contributed by atoms with Crippen LogP contribution in [0.2, 0.25) is 0 Å². The second kappa shape index (κ2) is 8.34. The average Bonchev–Trinajstić information content (AvgIpc) is 2.51. The highest BCUT2D eigenvalue weighted by Crippen LogP contribution is 2.22. The molecular formula is C19H26N2OS. The number of unbranched alkanes of at least 4 members (excludes halogenated alkanes) is 2. The summed E-state index contributed by atoms with van der Waals surface area (Å²) in [5, 5.41) is 0.715. The number of H-pyrrole nitrogens is 1. The first-order chi connectivity index (χ1) is 11.0. The lowest BCUT2D eigenvalue weighted by Gasteiger charge is -2.09. The lowest BCUT2D eigenvalue weighted by atomic mass is 10.1. The molecule has 0 saturated heterocycles. The summed E-state index contributed by atoms with van der Waals surface area (Å²) in [6.07, 6.45) is 4.19. The Labute approximate surface area is 142 Å². The Balaban J connectivity index is 2.09. The summed E-state index contributed by atoms with van der Waals surface area (Å²) >= 11 is 1.60. The largest absolute Gasteiger partial charge is 0.301 e. The predicted molar refractivity (Wildman–Crippen MR) is 98.3 cm³/mol. The summed E-state index contributed by atoms with van der Waals surface area (Å²) in [6, 6.07) is 6.47. The Bertz CT molecular complexity index is 722. The number of hydrogen-bond donors (Lipinski definition) is 1. The van der Waals surface area contributed by atoms with Gasteiger partial charge in [-0.2, -0.15) is 0 Å². The van der Waals surface area contributed by atoms with Crippen LogP contribution in [0.5, 0.6) is 0 Å². The van der Waals surface area contributed by atoms with E-state index in [-0.39, 0.29) is 5.56 Å². The van der Waals surface area contributed by atoms with Gasteiger partial charge in [0.15, 0.2) is 5.16 Å². The number of aryl methyl sites for hydroxylation is 3. The minimum atomic E-state index is 0.0251. The third-order valence-electron chi connectivity index (χ3n) is 4.10. The third-order valence-corrected chi connectivity index (χ3v) is 5.02. The summed E-state index contributed by atoms with van der Waals surface area (Å²) in [7, 11) is 0. The first kappa shape index (κ1) is 17.8. The molecule has 124 valence electrons. The van der Waals surface area contributed by atoms with Crippen molar-refractivity contribution in [2.45, 2.75) is 64.3 Å². The average molecular weight is 330 g/mol. The molecule has 1 N–H and O–H groups in total. The maximum Gasteiger partial charge on any atom is 0.254 e. The monoisotopic (exact) mass is 330 g/mol. The first-order valence-electron chi connectivity index (χ1n) is 8.30. The van der Waals surface area contributed by atoms with Crippen LogP contribution in [0.15, 0.2) is 28.2 Å². The fourth-order valence-corrected chi connectivity index (χ4v) is 3.57. The van der Waals surface area contributed by atoms with Crippen molar-refractivity contribution >= 4 is 11.8 Å². The molecule has 4 heteroatoms. The van der Waals surface area contributed by atoms with Gasteiger partial charge in [0.1, 0.15) is 0 Å². The molecule has 0 unspecified atom stereocenters. The van der Waals surface area contributed by atoms with Crippen molar-refractivity contribution in [3.63, 3.8) is 0 Å². The molecule has 1 heterocycles. The van der Waals surface area contributed by atoms with Gasteiger partial charge in [-0.1, -0.05) is 55.3 Å². The maximum atomic E-state index is 12.3. The second-order valence-corrected chi connectivity index (χ2v) is 7.07. The highest BCUT2D eigenvalue weighted by atomic mass is 32.2. The van der Waals surface area contributed by atoms with Gasteiger partial charge in [0, 0.05) is 17.0 Å². The van der Waals surface area contributed by atoms with Crippen molar-refractivity contribution in [1.82, 2.24) is 9.97 Å². The highest BCUT2D eigenvalue weighted by Gasteiger charge is 2.09. The molecule has 3 nitrogen and oxygen atoms in total.